The van der Waals surface area contributed by atoms with E-state index in [1.54, 1.807) is 0 Å². The van der Waals surface area contributed by atoms with Crippen LogP contribution in [0.5, 0.6) is 0 Å². The second-order valence-electron chi connectivity index (χ2n) is 19.6. The zero-order chi connectivity index (χ0) is 47.8. The molecule has 0 unspecified atom stereocenters. The second kappa shape index (κ2) is 15.2. The number of nitrogens with zero attached hydrogens (tertiary/aromatic N) is 2. The summed E-state index contributed by atoms with van der Waals surface area (Å²) in [6.45, 7) is 0. The fraction of sp³-hybridized carbons (Fsp3) is 0.0145. The molecule has 0 amide bonds. The van der Waals surface area contributed by atoms with Crippen molar-refractivity contribution >= 4 is 99.5 Å². The molecule has 2 aliphatic rings. The van der Waals surface area contributed by atoms with Crippen LogP contribution in [0.4, 0.5) is 34.1 Å². The van der Waals surface area contributed by atoms with E-state index in [1.807, 2.05) is 24.3 Å². The van der Waals surface area contributed by atoms with Crippen LogP contribution in [0, 0.1) is 0 Å². The van der Waals surface area contributed by atoms with Gasteiger partial charge in [0, 0.05) is 67.8 Å². The van der Waals surface area contributed by atoms with Gasteiger partial charge in [0.2, 0.25) is 0 Å². The molecule has 4 heteroatoms. The van der Waals surface area contributed by atoms with E-state index in [0.717, 1.165) is 78.0 Å². The Morgan fingerprint density at radius 1 is 0.247 bits per heavy atom. The van der Waals surface area contributed by atoms with Crippen molar-refractivity contribution in [2.75, 3.05) is 9.80 Å². The van der Waals surface area contributed by atoms with Crippen molar-refractivity contribution in [3.05, 3.63) is 277 Å². The summed E-state index contributed by atoms with van der Waals surface area (Å²) in [6.07, 6.45) is 0. The third-order valence-electron chi connectivity index (χ3n) is 15.8. The lowest BCUT2D eigenvalue weighted by Crippen LogP contribution is -2.26. The number of fused-ring (bicyclic) bond motifs is 19. The van der Waals surface area contributed by atoms with Gasteiger partial charge in [-0.1, -0.05) is 146 Å². The van der Waals surface area contributed by atoms with Crippen molar-refractivity contribution in [3.8, 4) is 22.3 Å². The lowest BCUT2D eigenvalue weighted by molar-refractivity contribution is 0.668. The van der Waals surface area contributed by atoms with E-state index in [2.05, 4.69) is 240 Å². The van der Waals surface area contributed by atoms with Crippen LogP contribution in [0.2, 0.25) is 0 Å². The molecule has 12 aromatic carbocycles. The van der Waals surface area contributed by atoms with Crippen molar-refractivity contribution in [2.45, 2.75) is 5.41 Å². The van der Waals surface area contributed by atoms with E-state index in [0.29, 0.717) is 0 Å². The average Bonchev–Trinajstić information content (AvgIpc) is 4.26. The smallest absolute Gasteiger partial charge is 0.137 e. The molecular weight excluding hydrogens is 889 g/mol. The Kier molecular flexibility index (Phi) is 8.35. The lowest BCUT2D eigenvalue weighted by atomic mass is 9.69. The van der Waals surface area contributed by atoms with Crippen LogP contribution < -0.4 is 9.80 Å². The molecule has 4 nitrogen and oxygen atoms in total. The molecule has 0 bridgehead atoms. The number of hydrogen-bond donors (Lipinski definition) is 0. The van der Waals surface area contributed by atoms with E-state index >= 15 is 0 Å². The second-order valence-corrected chi connectivity index (χ2v) is 19.6. The highest BCUT2D eigenvalue weighted by atomic mass is 16.3. The molecular formula is C69H42N2O2. The predicted molar refractivity (Wildman–Crippen MR) is 302 cm³/mol. The van der Waals surface area contributed by atoms with Crippen LogP contribution in [0.1, 0.15) is 22.3 Å². The number of hydrogen-bond acceptors (Lipinski definition) is 4. The van der Waals surface area contributed by atoms with Gasteiger partial charge in [0.15, 0.2) is 0 Å². The molecule has 0 atom stereocenters. The summed E-state index contributed by atoms with van der Waals surface area (Å²) in [5, 5.41) is 9.28. The molecule has 2 aromatic heterocycles. The van der Waals surface area contributed by atoms with Gasteiger partial charge in [-0.2, -0.15) is 0 Å². The number of anilines is 6. The van der Waals surface area contributed by atoms with Gasteiger partial charge in [-0.25, -0.2) is 0 Å². The minimum atomic E-state index is -0.569. The van der Waals surface area contributed by atoms with Crippen LogP contribution >= 0.6 is 0 Å². The average molecular weight is 931 g/mol. The topological polar surface area (TPSA) is 32.8 Å². The zero-order valence-corrected chi connectivity index (χ0v) is 39.5. The molecule has 0 aliphatic heterocycles. The first-order valence-electron chi connectivity index (χ1n) is 25.1. The molecule has 14 aromatic rings. The molecule has 16 rings (SSSR count). The Labute approximate surface area is 420 Å². The fourth-order valence-electron chi connectivity index (χ4n) is 12.7. The van der Waals surface area contributed by atoms with Crippen molar-refractivity contribution in [1.29, 1.82) is 0 Å². The van der Waals surface area contributed by atoms with Gasteiger partial charge in [-0.3, -0.25) is 0 Å². The van der Waals surface area contributed by atoms with Crippen molar-refractivity contribution < 1.29 is 8.83 Å². The first-order valence-corrected chi connectivity index (χ1v) is 25.1. The van der Waals surface area contributed by atoms with Crippen LogP contribution in [0.25, 0.3) is 87.7 Å². The highest BCUT2D eigenvalue weighted by Crippen LogP contribution is 2.65. The predicted octanol–water partition coefficient (Wildman–Crippen LogP) is 19.1. The van der Waals surface area contributed by atoms with Gasteiger partial charge in [0.1, 0.15) is 22.3 Å². The molecule has 0 saturated carbocycles. The standard InChI is InChI=1S/C69H42N2O2/c1-3-15-46(16-4-1)70(50-31-35-57-55-21-9-13-25-64(55)72-66(57)41-50)48-29-27-43-39-60-59-33-28-44-37-49(71(47-17-5-2-6-18-47)51-32-36-58-56-22-10-14-26-65(56)73-67(58)42-51)30-34-52(44)68(59)69(63(60)40-45(43)38-48)61-23-11-7-19-53(61)54-20-8-12-24-62(54)69/h1-42H. The normalized spacial score (nSPS) is 13.0. The maximum atomic E-state index is 6.46. The van der Waals surface area contributed by atoms with Gasteiger partial charge in [0.25, 0.3) is 0 Å². The molecule has 0 fully saturated rings. The summed E-state index contributed by atoms with van der Waals surface area (Å²) in [6, 6.07) is 93.0. The first kappa shape index (κ1) is 40.1. The van der Waals surface area contributed by atoms with E-state index in [-0.39, 0.29) is 0 Å². The summed E-state index contributed by atoms with van der Waals surface area (Å²) < 4.78 is 12.9. The molecule has 0 N–H and O–H groups in total. The Morgan fingerprint density at radius 3 is 1.29 bits per heavy atom. The third-order valence-corrected chi connectivity index (χ3v) is 15.8. The lowest BCUT2D eigenvalue weighted by Gasteiger charge is -2.32. The Balaban J connectivity index is 0.899. The van der Waals surface area contributed by atoms with Gasteiger partial charge < -0.3 is 18.6 Å². The minimum Gasteiger partial charge on any atom is -0.456 e. The maximum Gasteiger partial charge on any atom is 0.137 e. The summed E-state index contributed by atoms with van der Waals surface area (Å²) in [7, 11) is 0. The summed E-state index contributed by atoms with van der Waals surface area (Å²) in [4.78, 5) is 4.70. The minimum absolute atomic E-state index is 0.569. The molecule has 73 heavy (non-hydrogen) atoms. The summed E-state index contributed by atoms with van der Waals surface area (Å²) in [5.41, 5.74) is 19.7. The SMILES string of the molecule is c1ccc(N(c2ccc3cc4c(cc3c2)C2(c3ccccc3-c3ccccc32)c2c-4ccc3cc(N(c4ccccc4)c4ccc5c(c4)oc4ccccc45)ccc23)c2ccc3c(c2)oc2ccccc23)cc1. The molecule has 340 valence electrons. The summed E-state index contributed by atoms with van der Waals surface area (Å²) in [5.74, 6) is 0. The Morgan fingerprint density at radius 2 is 0.699 bits per heavy atom. The largest absolute Gasteiger partial charge is 0.456 e. The van der Waals surface area contributed by atoms with Crippen LogP contribution in [0.3, 0.4) is 0 Å². The van der Waals surface area contributed by atoms with Gasteiger partial charge in [-0.15, -0.1) is 0 Å². The molecule has 0 radical (unpaired) electrons. The van der Waals surface area contributed by atoms with Crippen LogP contribution in [0.15, 0.2) is 264 Å². The number of rotatable bonds is 6. The Hall–Kier alpha value is -9.64. The molecule has 0 saturated heterocycles. The quantitative estimate of drug-likeness (QED) is 0.166. The highest BCUT2D eigenvalue weighted by molar-refractivity contribution is 6.10. The monoisotopic (exact) mass is 930 g/mol. The third kappa shape index (κ3) is 5.72. The Bertz CT molecular complexity index is 4540. The van der Waals surface area contributed by atoms with E-state index in [1.165, 1.54) is 66.1 Å². The highest BCUT2D eigenvalue weighted by Gasteiger charge is 2.52. The molecule has 2 aliphatic carbocycles. The van der Waals surface area contributed by atoms with Gasteiger partial charge in [-0.05, 0) is 163 Å². The summed E-state index contributed by atoms with van der Waals surface area (Å²) >= 11 is 0. The maximum absolute atomic E-state index is 6.46. The first-order chi connectivity index (χ1) is 36.2. The van der Waals surface area contributed by atoms with Crippen molar-refractivity contribution in [3.63, 3.8) is 0 Å². The van der Waals surface area contributed by atoms with E-state index < -0.39 is 5.41 Å². The van der Waals surface area contributed by atoms with Crippen LogP contribution in [-0.4, -0.2) is 0 Å². The van der Waals surface area contributed by atoms with Gasteiger partial charge >= 0.3 is 0 Å². The number of furan rings is 2. The van der Waals surface area contributed by atoms with Crippen molar-refractivity contribution in [1.82, 2.24) is 0 Å². The number of benzene rings is 12. The van der Waals surface area contributed by atoms with E-state index in [9.17, 15) is 0 Å². The van der Waals surface area contributed by atoms with E-state index in [4.69, 9.17) is 8.83 Å². The van der Waals surface area contributed by atoms with Crippen molar-refractivity contribution in [2.24, 2.45) is 0 Å². The van der Waals surface area contributed by atoms with Gasteiger partial charge in [0.05, 0.1) is 5.41 Å². The molecule has 2 heterocycles. The molecule has 1 spiro atoms. The number of para-hydroxylation sites is 4. The fourth-order valence-corrected chi connectivity index (χ4v) is 12.7. The van der Waals surface area contributed by atoms with Crippen LogP contribution in [-0.2, 0) is 5.41 Å². The zero-order valence-electron chi connectivity index (χ0n) is 39.5.